The molecule has 2 aromatic carbocycles. The number of rotatable bonds is 10. The molecule has 0 N–H and O–H groups in total. The van der Waals surface area contributed by atoms with Crippen LogP contribution in [0.1, 0.15) is 44.1 Å². The highest BCUT2D eigenvalue weighted by molar-refractivity contribution is 5.75. The Morgan fingerprint density at radius 2 is 1.73 bits per heavy atom. The second-order valence-electron chi connectivity index (χ2n) is 9.01. The molecule has 0 amide bonds. The number of hydrogen-bond acceptors (Lipinski definition) is 5. The van der Waals surface area contributed by atoms with Gasteiger partial charge in [0.15, 0.2) is 11.5 Å². The van der Waals surface area contributed by atoms with Crippen molar-refractivity contribution in [3.8, 4) is 17.2 Å². The first-order chi connectivity index (χ1) is 16.3. The molecular weight excluding hydrogens is 412 g/mol. The highest BCUT2D eigenvalue weighted by Crippen LogP contribution is 2.48. The standard InChI is InChI=1S/C28H32N2O3/c1-31-28-26(32-20-21-13-14-21)16-15-25(27(28)33-24-11-5-6-12-24)30(23-9-3-2-4-10-23)19-22-8-7-17-29-18-22/h2-4,7-10,15-18,21,24H,5-6,11-14,19-20H2,1H3. The van der Waals surface area contributed by atoms with Crippen molar-refractivity contribution in [3.05, 3.63) is 72.6 Å². The lowest BCUT2D eigenvalue weighted by Crippen LogP contribution is -2.20. The van der Waals surface area contributed by atoms with Gasteiger partial charge in [0.1, 0.15) is 0 Å². The molecular formula is C28H32N2O3. The average Bonchev–Trinajstić information content (AvgIpc) is 3.56. The van der Waals surface area contributed by atoms with Crippen molar-refractivity contribution in [3.63, 3.8) is 0 Å². The molecule has 1 aromatic heterocycles. The SMILES string of the molecule is COc1c(OCC2CC2)ccc(N(Cc2cccnc2)c2ccccc2)c1OC1CCCC1. The Kier molecular flexibility index (Phi) is 6.66. The first-order valence-electron chi connectivity index (χ1n) is 12.0. The van der Waals surface area contributed by atoms with E-state index >= 15 is 0 Å². The van der Waals surface area contributed by atoms with Gasteiger partial charge in [0.05, 0.1) is 25.5 Å². The Bertz CT molecular complexity index is 1030. The normalized spacial score (nSPS) is 15.9. The van der Waals surface area contributed by atoms with E-state index in [2.05, 4.69) is 46.3 Å². The summed E-state index contributed by atoms with van der Waals surface area (Å²) >= 11 is 0. The minimum Gasteiger partial charge on any atom is -0.490 e. The summed E-state index contributed by atoms with van der Waals surface area (Å²) in [6.07, 6.45) is 11.0. The van der Waals surface area contributed by atoms with Crippen LogP contribution in [0.5, 0.6) is 17.2 Å². The topological polar surface area (TPSA) is 43.8 Å². The van der Waals surface area contributed by atoms with Crippen molar-refractivity contribution in [2.24, 2.45) is 5.92 Å². The maximum Gasteiger partial charge on any atom is 0.205 e. The van der Waals surface area contributed by atoms with Gasteiger partial charge in [0.2, 0.25) is 5.75 Å². The number of nitrogens with zero attached hydrogens (tertiary/aromatic N) is 2. The number of ether oxygens (including phenoxy) is 3. The Morgan fingerprint density at radius 1 is 0.909 bits per heavy atom. The summed E-state index contributed by atoms with van der Waals surface area (Å²) in [4.78, 5) is 6.59. The lowest BCUT2D eigenvalue weighted by Gasteiger charge is -2.30. The summed E-state index contributed by atoms with van der Waals surface area (Å²) in [6.45, 7) is 1.40. The summed E-state index contributed by atoms with van der Waals surface area (Å²) in [5, 5.41) is 0. The number of para-hydroxylation sites is 1. The molecule has 2 fully saturated rings. The molecule has 2 saturated carbocycles. The number of pyridine rings is 1. The van der Waals surface area contributed by atoms with Crippen LogP contribution < -0.4 is 19.1 Å². The van der Waals surface area contributed by atoms with E-state index in [0.717, 1.165) is 47.9 Å². The van der Waals surface area contributed by atoms with E-state index in [0.29, 0.717) is 18.2 Å². The quantitative estimate of drug-likeness (QED) is 0.355. The number of anilines is 2. The fourth-order valence-electron chi connectivity index (χ4n) is 4.43. The third kappa shape index (κ3) is 5.24. The van der Waals surface area contributed by atoms with E-state index in [1.165, 1.54) is 25.7 Å². The Morgan fingerprint density at radius 3 is 2.42 bits per heavy atom. The van der Waals surface area contributed by atoms with Crippen molar-refractivity contribution in [1.29, 1.82) is 0 Å². The molecule has 5 heteroatoms. The van der Waals surface area contributed by atoms with Gasteiger partial charge in [0, 0.05) is 24.6 Å². The van der Waals surface area contributed by atoms with E-state index in [1.807, 2.05) is 24.4 Å². The Labute approximate surface area is 196 Å². The van der Waals surface area contributed by atoms with Gasteiger partial charge < -0.3 is 19.1 Å². The minimum absolute atomic E-state index is 0.201. The van der Waals surface area contributed by atoms with E-state index in [-0.39, 0.29) is 6.10 Å². The molecule has 0 aliphatic heterocycles. The van der Waals surface area contributed by atoms with Crippen LogP contribution in [-0.4, -0.2) is 24.8 Å². The summed E-state index contributed by atoms with van der Waals surface area (Å²) in [5.41, 5.74) is 3.19. The molecule has 0 unspecified atom stereocenters. The smallest absolute Gasteiger partial charge is 0.205 e. The summed E-state index contributed by atoms with van der Waals surface area (Å²) in [7, 11) is 1.71. The molecule has 3 aromatic rings. The molecule has 2 aliphatic rings. The minimum atomic E-state index is 0.201. The largest absolute Gasteiger partial charge is 0.490 e. The van der Waals surface area contributed by atoms with Gasteiger partial charge in [-0.05, 0) is 80.3 Å². The monoisotopic (exact) mass is 444 g/mol. The van der Waals surface area contributed by atoms with Crippen LogP contribution in [-0.2, 0) is 6.54 Å². The second-order valence-corrected chi connectivity index (χ2v) is 9.01. The van der Waals surface area contributed by atoms with Crippen molar-refractivity contribution in [2.75, 3.05) is 18.6 Å². The van der Waals surface area contributed by atoms with Gasteiger partial charge in [-0.25, -0.2) is 0 Å². The van der Waals surface area contributed by atoms with Gasteiger partial charge in [-0.2, -0.15) is 0 Å². The molecule has 0 saturated heterocycles. The zero-order chi connectivity index (χ0) is 22.5. The molecule has 2 aliphatic carbocycles. The second kappa shape index (κ2) is 10.2. The zero-order valence-electron chi connectivity index (χ0n) is 19.3. The number of aromatic nitrogens is 1. The molecule has 172 valence electrons. The summed E-state index contributed by atoms with van der Waals surface area (Å²) in [6, 6.07) is 18.6. The van der Waals surface area contributed by atoms with Crippen LogP contribution in [0.15, 0.2) is 67.0 Å². The number of methoxy groups -OCH3 is 1. The van der Waals surface area contributed by atoms with Crippen molar-refractivity contribution >= 4 is 11.4 Å². The van der Waals surface area contributed by atoms with Crippen LogP contribution >= 0.6 is 0 Å². The molecule has 0 spiro atoms. The molecule has 5 rings (SSSR count). The third-order valence-corrected chi connectivity index (χ3v) is 6.44. The van der Waals surface area contributed by atoms with Crippen LogP contribution in [0.2, 0.25) is 0 Å². The highest BCUT2D eigenvalue weighted by Gasteiger charge is 2.28. The van der Waals surface area contributed by atoms with Gasteiger partial charge in [0.25, 0.3) is 0 Å². The van der Waals surface area contributed by atoms with Crippen LogP contribution in [0.3, 0.4) is 0 Å². The van der Waals surface area contributed by atoms with Gasteiger partial charge in [-0.3, -0.25) is 4.98 Å². The summed E-state index contributed by atoms with van der Waals surface area (Å²) in [5.74, 6) is 2.88. The zero-order valence-corrected chi connectivity index (χ0v) is 19.3. The van der Waals surface area contributed by atoms with Crippen molar-refractivity contribution in [2.45, 2.75) is 51.2 Å². The van der Waals surface area contributed by atoms with Gasteiger partial charge in [-0.15, -0.1) is 0 Å². The molecule has 33 heavy (non-hydrogen) atoms. The van der Waals surface area contributed by atoms with E-state index in [1.54, 1.807) is 13.3 Å². The molecule has 0 atom stereocenters. The predicted molar refractivity (Wildman–Crippen MR) is 131 cm³/mol. The molecule has 1 heterocycles. The van der Waals surface area contributed by atoms with Gasteiger partial charge >= 0.3 is 0 Å². The molecule has 0 bridgehead atoms. The predicted octanol–water partition coefficient (Wildman–Crippen LogP) is 6.54. The Hall–Kier alpha value is -3.21. The molecule has 0 radical (unpaired) electrons. The van der Waals surface area contributed by atoms with Crippen molar-refractivity contribution in [1.82, 2.24) is 4.98 Å². The fraction of sp³-hybridized carbons (Fsp3) is 0.393. The highest BCUT2D eigenvalue weighted by atomic mass is 16.5. The average molecular weight is 445 g/mol. The van der Waals surface area contributed by atoms with Crippen LogP contribution in [0.4, 0.5) is 11.4 Å². The first-order valence-corrected chi connectivity index (χ1v) is 12.0. The van der Waals surface area contributed by atoms with Gasteiger partial charge in [-0.1, -0.05) is 24.3 Å². The maximum absolute atomic E-state index is 6.67. The maximum atomic E-state index is 6.67. The van der Waals surface area contributed by atoms with Crippen molar-refractivity contribution < 1.29 is 14.2 Å². The van der Waals surface area contributed by atoms with Crippen LogP contribution in [0, 0.1) is 5.92 Å². The van der Waals surface area contributed by atoms with E-state index in [9.17, 15) is 0 Å². The first kappa shape index (κ1) is 21.6. The lowest BCUT2D eigenvalue weighted by molar-refractivity contribution is 0.197. The lowest BCUT2D eigenvalue weighted by atomic mass is 10.1. The number of hydrogen-bond donors (Lipinski definition) is 0. The number of benzene rings is 2. The molecule has 5 nitrogen and oxygen atoms in total. The third-order valence-electron chi connectivity index (χ3n) is 6.44. The van der Waals surface area contributed by atoms with E-state index in [4.69, 9.17) is 14.2 Å². The van der Waals surface area contributed by atoms with E-state index < -0.39 is 0 Å². The Balaban J connectivity index is 1.57. The fourth-order valence-corrected chi connectivity index (χ4v) is 4.43. The summed E-state index contributed by atoms with van der Waals surface area (Å²) < 4.78 is 18.8. The van der Waals surface area contributed by atoms with Crippen LogP contribution in [0.25, 0.3) is 0 Å².